The van der Waals surface area contributed by atoms with Gasteiger partial charge in [-0.15, -0.1) is 6.58 Å². The van der Waals surface area contributed by atoms with E-state index in [4.69, 9.17) is 5.73 Å². The van der Waals surface area contributed by atoms with Gasteiger partial charge >= 0.3 is 0 Å². The Kier molecular flexibility index (Phi) is 5.75. The van der Waals surface area contributed by atoms with Gasteiger partial charge in [-0.1, -0.05) is 31.8 Å². The van der Waals surface area contributed by atoms with Crippen molar-refractivity contribution in [1.29, 1.82) is 0 Å². The van der Waals surface area contributed by atoms with Crippen LogP contribution in [0.4, 0.5) is 0 Å². The second kappa shape index (κ2) is 6.85. The highest BCUT2D eigenvalue weighted by Crippen LogP contribution is 2.28. The van der Waals surface area contributed by atoms with Crippen LogP contribution in [-0.2, 0) is 4.79 Å². The Morgan fingerprint density at radius 1 is 1.19 bits per heavy atom. The predicted molar refractivity (Wildman–Crippen MR) is 68.3 cm³/mol. The van der Waals surface area contributed by atoms with Crippen LogP contribution in [0.2, 0.25) is 0 Å². The summed E-state index contributed by atoms with van der Waals surface area (Å²) in [5.74, 6) is 0.297. The summed E-state index contributed by atoms with van der Waals surface area (Å²) in [6, 6.07) is 0. The van der Waals surface area contributed by atoms with Gasteiger partial charge < -0.3 is 5.73 Å². The van der Waals surface area contributed by atoms with Gasteiger partial charge in [-0.25, -0.2) is 0 Å². The standard InChI is InChI=1S/C14H25NO/c1-2-3-4-5-7-10-13(16)14(15)11-8-6-9-12-14/h2H,1,3-12,15H2. The van der Waals surface area contributed by atoms with Crippen molar-refractivity contribution in [2.75, 3.05) is 0 Å². The zero-order chi connectivity index (χ0) is 11.9. The molecular formula is C14H25NO. The zero-order valence-corrected chi connectivity index (χ0v) is 10.3. The lowest BCUT2D eigenvalue weighted by molar-refractivity contribution is -0.125. The molecule has 0 atom stereocenters. The van der Waals surface area contributed by atoms with E-state index < -0.39 is 5.54 Å². The van der Waals surface area contributed by atoms with E-state index in [1.807, 2.05) is 6.08 Å². The SMILES string of the molecule is C=CCCCCCC(=O)C1(N)CCCCC1. The molecule has 1 aliphatic carbocycles. The molecule has 0 aromatic heterocycles. The number of hydrogen-bond acceptors (Lipinski definition) is 2. The summed E-state index contributed by atoms with van der Waals surface area (Å²) in [6.45, 7) is 3.69. The molecule has 1 aliphatic rings. The second-order valence-electron chi connectivity index (χ2n) is 5.03. The molecule has 0 radical (unpaired) electrons. The zero-order valence-electron chi connectivity index (χ0n) is 10.3. The van der Waals surface area contributed by atoms with Gasteiger partial charge in [0.2, 0.25) is 0 Å². The fourth-order valence-corrected chi connectivity index (χ4v) is 2.46. The van der Waals surface area contributed by atoms with Crippen molar-refractivity contribution in [2.45, 2.75) is 69.7 Å². The summed E-state index contributed by atoms with van der Waals surface area (Å²) >= 11 is 0. The van der Waals surface area contributed by atoms with Gasteiger partial charge in [-0.05, 0) is 32.1 Å². The maximum Gasteiger partial charge on any atom is 0.152 e. The van der Waals surface area contributed by atoms with Crippen molar-refractivity contribution in [3.05, 3.63) is 12.7 Å². The molecule has 0 amide bonds. The Balaban J connectivity index is 2.20. The van der Waals surface area contributed by atoms with Crippen LogP contribution in [0.5, 0.6) is 0 Å². The lowest BCUT2D eigenvalue weighted by Crippen LogP contribution is -2.49. The lowest BCUT2D eigenvalue weighted by Gasteiger charge is -2.31. The summed E-state index contributed by atoms with van der Waals surface area (Å²) in [6.07, 6.45) is 12.2. The highest BCUT2D eigenvalue weighted by molar-refractivity contribution is 5.88. The molecule has 0 bridgehead atoms. The molecule has 1 fully saturated rings. The van der Waals surface area contributed by atoms with Crippen LogP contribution in [0.3, 0.4) is 0 Å². The molecule has 0 aromatic rings. The van der Waals surface area contributed by atoms with Crippen LogP contribution in [-0.4, -0.2) is 11.3 Å². The minimum atomic E-state index is -0.476. The molecule has 16 heavy (non-hydrogen) atoms. The van der Waals surface area contributed by atoms with Gasteiger partial charge in [-0.3, -0.25) is 4.79 Å². The Morgan fingerprint density at radius 3 is 2.50 bits per heavy atom. The molecule has 1 saturated carbocycles. The van der Waals surface area contributed by atoms with Crippen molar-refractivity contribution in [3.8, 4) is 0 Å². The quantitative estimate of drug-likeness (QED) is 0.531. The van der Waals surface area contributed by atoms with Crippen LogP contribution in [0.15, 0.2) is 12.7 Å². The molecule has 0 unspecified atom stereocenters. The number of Topliss-reactive ketones (excluding diaryl/α,β-unsaturated/α-hetero) is 1. The van der Waals surface area contributed by atoms with Gasteiger partial charge in [0.05, 0.1) is 5.54 Å². The summed E-state index contributed by atoms with van der Waals surface area (Å²) in [5.41, 5.74) is 5.70. The number of rotatable bonds is 7. The van der Waals surface area contributed by atoms with Crippen molar-refractivity contribution in [1.82, 2.24) is 0 Å². The normalized spacial score (nSPS) is 19.3. The second-order valence-corrected chi connectivity index (χ2v) is 5.03. The molecular weight excluding hydrogens is 198 g/mol. The fraction of sp³-hybridized carbons (Fsp3) is 0.786. The van der Waals surface area contributed by atoms with Crippen LogP contribution >= 0.6 is 0 Å². The van der Waals surface area contributed by atoms with Crippen molar-refractivity contribution < 1.29 is 4.79 Å². The first-order chi connectivity index (χ1) is 7.69. The topological polar surface area (TPSA) is 43.1 Å². The van der Waals surface area contributed by atoms with Crippen molar-refractivity contribution >= 4 is 5.78 Å². The largest absolute Gasteiger partial charge is 0.319 e. The molecule has 2 heteroatoms. The minimum Gasteiger partial charge on any atom is -0.319 e. The maximum atomic E-state index is 12.0. The van der Waals surface area contributed by atoms with Crippen molar-refractivity contribution in [2.24, 2.45) is 5.73 Å². The lowest BCUT2D eigenvalue weighted by atomic mass is 9.78. The van der Waals surface area contributed by atoms with E-state index >= 15 is 0 Å². The van der Waals surface area contributed by atoms with Crippen LogP contribution in [0, 0.1) is 0 Å². The smallest absolute Gasteiger partial charge is 0.152 e. The van der Waals surface area contributed by atoms with E-state index in [0.717, 1.165) is 51.4 Å². The summed E-state index contributed by atoms with van der Waals surface area (Å²) in [4.78, 5) is 12.0. The number of carbonyl (C=O) groups is 1. The molecule has 92 valence electrons. The first-order valence-electron chi connectivity index (χ1n) is 6.62. The number of unbranched alkanes of at least 4 members (excludes halogenated alkanes) is 3. The first-order valence-corrected chi connectivity index (χ1v) is 6.62. The number of ketones is 1. The van der Waals surface area contributed by atoms with Gasteiger partial charge in [0, 0.05) is 6.42 Å². The summed E-state index contributed by atoms with van der Waals surface area (Å²) in [5, 5.41) is 0. The molecule has 0 aliphatic heterocycles. The van der Waals surface area contributed by atoms with Crippen molar-refractivity contribution in [3.63, 3.8) is 0 Å². The third-order valence-electron chi connectivity index (χ3n) is 3.61. The average Bonchev–Trinajstić information content (AvgIpc) is 2.29. The third-order valence-corrected chi connectivity index (χ3v) is 3.61. The third kappa shape index (κ3) is 4.09. The monoisotopic (exact) mass is 223 g/mol. The molecule has 0 spiro atoms. The molecule has 2 N–H and O–H groups in total. The average molecular weight is 223 g/mol. The van der Waals surface area contributed by atoms with E-state index in [-0.39, 0.29) is 0 Å². The Labute approximate surface area is 99.3 Å². The van der Waals surface area contributed by atoms with Crippen LogP contribution in [0.1, 0.15) is 64.2 Å². The molecule has 0 heterocycles. The van der Waals surface area contributed by atoms with Gasteiger partial charge in [0.25, 0.3) is 0 Å². The maximum absolute atomic E-state index is 12.0. The number of allylic oxidation sites excluding steroid dienone is 1. The number of carbonyl (C=O) groups excluding carboxylic acids is 1. The molecule has 0 saturated heterocycles. The van der Waals surface area contributed by atoms with Crippen LogP contribution < -0.4 is 5.73 Å². The Morgan fingerprint density at radius 2 is 1.88 bits per heavy atom. The fourth-order valence-electron chi connectivity index (χ4n) is 2.46. The molecule has 2 nitrogen and oxygen atoms in total. The van der Waals surface area contributed by atoms with Gasteiger partial charge in [0.1, 0.15) is 0 Å². The highest BCUT2D eigenvalue weighted by Gasteiger charge is 2.33. The molecule has 1 rings (SSSR count). The van der Waals surface area contributed by atoms with E-state index in [2.05, 4.69) is 6.58 Å². The van der Waals surface area contributed by atoms with E-state index in [9.17, 15) is 4.79 Å². The van der Waals surface area contributed by atoms with Gasteiger partial charge in [0.15, 0.2) is 5.78 Å². The van der Waals surface area contributed by atoms with E-state index in [1.165, 1.54) is 6.42 Å². The summed E-state index contributed by atoms with van der Waals surface area (Å²) < 4.78 is 0. The number of nitrogens with two attached hydrogens (primary N) is 1. The van der Waals surface area contributed by atoms with E-state index in [1.54, 1.807) is 0 Å². The predicted octanol–water partition coefficient (Wildman–Crippen LogP) is 3.35. The Hall–Kier alpha value is -0.630. The van der Waals surface area contributed by atoms with Gasteiger partial charge in [-0.2, -0.15) is 0 Å². The Bertz CT molecular complexity index is 229. The van der Waals surface area contributed by atoms with E-state index in [0.29, 0.717) is 12.2 Å². The van der Waals surface area contributed by atoms with Crippen LogP contribution in [0.25, 0.3) is 0 Å². The summed E-state index contributed by atoms with van der Waals surface area (Å²) in [7, 11) is 0. The number of hydrogen-bond donors (Lipinski definition) is 1. The molecule has 0 aromatic carbocycles. The minimum absolute atomic E-state index is 0.297. The first kappa shape index (κ1) is 13.4. The highest BCUT2D eigenvalue weighted by atomic mass is 16.1.